The minimum absolute atomic E-state index is 0.149. The molecule has 6 heteroatoms. The summed E-state index contributed by atoms with van der Waals surface area (Å²) in [5, 5.41) is 2.82. The van der Waals surface area contributed by atoms with Gasteiger partial charge in [-0.1, -0.05) is 0 Å². The molecule has 1 aromatic carbocycles. The van der Waals surface area contributed by atoms with Crippen molar-refractivity contribution in [3.63, 3.8) is 0 Å². The first-order chi connectivity index (χ1) is 9.62. The minimum atomic E-state index is -0.473. The molecule has 0 heterocycles. The molecule has 0 aliphatic rings. The number of hydrogen-bond donors (Lipinski definition) is 2. The summed E-state index contributed by atoms with van der Waals surface area (Å²) < 4.78 is 10.4. The molecule has 20 heavy (non-hydrogen) atoms. The van der Waals surface area contributed by atoms with Crippen LogP contribution in [-0.4, -0.2) is 38.2 Å². The fraction of sp³-hybridized carbons (Fsp3) is 0.500. The Balaban J connectivity index is 2.62. The van der Waals surface area contributed by atoms with E-state index in [4.69, 9.17) is 15.2 Å². The van der Waals surface area contributed by atoms with Crippen LogP contribution in [0.5, 0.6) is 11.5 Å². The number of nitrogens with one attached hydrogen (secondary N) is 1. The van der Waals surface area contributed by atoms with E-state index in [9.17, 15) is 4.79 Å². The van der Waals surface area contributed by atoms with Gasteiger partial charge in [0, 0.05) is 12.1 Å². The zero-order valence-corrected chi connectivity index (χ0v) is 13.0. The molecule has 0 spiro atoms. The van der Waals surface area contributed by atoms with E-state index in [2.05, 4.69) is 5.32 Å². The monoisotopic (exact) mass is 298 g/mol. The molecule has 0 aromatic heterocycles. The third-order valence-electron chi connectivity index (χ3n) is 2.91. The average Bonchev–Trinajstić information content (AvgIpc) is 2.49. The highest BCUT2D eigenvalue weighted by Crippen LogP contribution is 2.23. The Morgan fingerprint density at radius 3 is 2.75 bits per heavy atom. The largest absolute Gasteiger partial charge is 0.497 e. The van der Waals surface area contributed by atoms with Gasteiger partial charge in [-0.05, 0) is 36.6 Å². The van der Waals surface area contributed by atoms with Crippen LogP contribution >= 0.6 is 11.8 Å². The SMILES string of the molecule is COc1ccc(OC)c(CNC(=O)[C@H](N)CCSC)c1. The molecule has 1 amide bonds. The second-order valence-electron chi connectivity index (χ2n) is 4.28. The lowest BCUT2D eigenvalue weighted by molar-refractivity contribution is -0.122. The van der Waals surface area contributed by atoms with Gasteiger partial charge in [0.1, 0.15) is 11.5 Å². The smallest absolute Gasteiger partial charge is 0.237 e. The number of carbonyl (C=O) groups excluding carboxylic acids is 1. The normalized spacial score (nSPS) is 11.8. The Labute approximate surface area is 124 Å². The maximum atomic E-state index is 11.9. The Bertz CT molecular complexity index is 440. The quantitative estimate of drug-likeness (QED) is 0.759. The summed E-state index contributed by atoms with van der Waals surface area (Å²) in [6.45, 7) is 0.367. The van der Waals surface area contributed by atoms with E-state index >= 15 is 0 Å². The van der Waals surface area contributed by atoms with Crippen LogP contribution in [0.15, 0.2) is 18.2 Å². The average molecular weight is 298 g/mol. The molecule has 0 aliphatic carbocycles. The van der Waals surface area contributed by atoms with Gasteiger partial charge in [-0.3, -0.25) is 4.79 Å². The van der Waals surface area contributed by atoms with Crippen molar-refractivity contribution in [1.82, 2.24) is 5.32 Å². The summed E-state index contributed by atoms with van der Waals surface area (Å²) in [5.74, 6) is 2.16. The fourth-order valence-corrected chi connectivity index (χ4v) is 2.20. The highest BCUT2D eigenvalue weighted by molar-refractivity contribution is 7.98. The summed E-state index contributed by atoms with van der Waals surface area (Å²) in [6.07, 6.45) is 2.66. The second kappa shape index (κ2) is 8.71. The molecule has 1 aromatic rings. The Hall–Kier alpha value is -1.40. The molecule has 0 saturated carbocycles. The highest BCUT2D eigenvalue weighted by Gasteiger charge is 2.13. The highest BCUT2D eigenvalue weighted by atomic mass is 32.2. The number of carbonyl (C=O) groups is 1. The van der Waals surface area contributed by atoms with Gasteiger partial charge in [0.25, 0.3) is 0 Å². The molecule has 1 rings (SSSR count). The summed E-state index contributed by atoms with van der Waals surface area (Å²) in [5.41, 5.74) is 6.67. The predicted molar refractivity (Wildman–Crippen MR) is 82.4 cm³/mol. The van der Waals surface area contributed by atoms with Gasteiger partial charge in [-0.2, -0.15) is 11.8 Å². The summed E-state index contributed by atoms with van der Waals surface area (Å²) >= 11 is 1.68. The molecule has 0 radical (unpaired) electrons. The van der Waals surface area contributed by atoms with Gasteiger partial charge in [0.15, 0.2) is 0 Å². The lowest BCUT2D eigenvalue weighted by Crippen LogP contribution is -2.40. The maximum Gasteiger partial charge on any atom is 0.237 e. The zero-order chi connectivity index (χ0) is 15.0. The van der Waals surface area contributed by atoms with Gasteiger partial charge in [0.05, 0.1) is 20.3 Å². The van der Waals surface area contributed by atoms with Crippen LogP contribution in [0.1, 0.15) is 12.0 Å². The second-order valence-corrected chi connectivity index (χ2v) is 5.27. The van der Waals surface area contributed by atoms with Gasteiger partial charge in [-0.25, -0.2) is 0 Å². The van der Waals surface area contributed by atoms with E-state index in [0.717, 1.165) is 17.1 Å². The van der Waals surface area contributed by atoms with E-state index < -0.39 is 6.04 Å². The number of methoxy groups -OCH3 is 2. The van der Waals surface area contributed by atoms with Crippen LogP contribution in [0.2, 0.25) is 0 Å². The number of amides is 1. The third kappa shape index (κ3) is 4.94. The fourth-order valence-electron chi connectivity index (χ4n) is 1.71. The first-order valence-electron chi connectivity index (χ1n) is 6.35. The molecule has 3 N–H and O–H groups in total. The lowest BCUT2D eigenvalue weighted by Gasteiger charge is -2.14. The van der Waals surface area contributed by atoms with Crippen LogP contribution in [0.25, 0.3) is 0 Å². The summed E-state index contributed by atoms with van der Waals surface area (Å²) in [6, 6.07) is 4.99. The number of thioether (sulfide) groups is 1. The summed E-state index contributed by atoms with van der Waals surface area (Å²) in [7, 11) is 3.19. The summed E-state index contributed by atoms with van der Waals surface area (Å²) in [4.78, 5) is 11.9. The molecule has 112 valence electrons. The van der Waals surface area contributed by atoms with E-state index in [-0.39, 0.29) is 5.91 Å². The van der Waals surface area contributed by atoms with Crippen LogP contribution in [-0.2, 0) is 11.3 Å². The molecule has 0 fully saturated rings. The maximum absolute atomic E-state index is 11.9. The van der Waals surface area contributed by atoms with E-state index in [1.54, 1.807) is 26.0 Å². The van der Waals surface area contributed by atoms with Crippen molar-refractivity contribution < 1.29 is 14.3 Å². The topological polar surface area (TPSA) is 73.6 Å². The van der Waals surface area contributed by atoms with Crippen molar-refractivity contribution in [2.75, 3.05) is 26.2 Å². The molecule has 0 aliphatic heterocycles. The van der Waals surface area contributed by atoms with Crippen molar-refractivity contribution in [2.24, 2.45) is 5.73 Å². The third-order valence-corrected chi connectivity index (χ3v) is 3.55. The van der Waals surface area contributed by atoms with Crippen molar-refractivity contribution in [3.05, 3.63) is 23.8 Å². The number of nitrogens with two attached hydrogens (primary N) is 1. The standard InChI is InChI=1S/C14H22N2O3S/c1-18-11-4-5-13(19-2)10(8-11)9-16-14(17)12(15)6-7-20-3/h4-5,8,12H,6-7,9,15H2,1-3H3,(H,16,17)/t12-/m1/s1. The van der Waals surface area contributed by atoms with Crippen molar-refractivity contribution in [3.8, 4) is 11.5 Å². The molecule has 5 nitrogen and oxygen atoms in total. The van der Waals surface area contributed by atoms with Crippen LogP contribution in [0.4, 0.5) is 0 Å². The van der Waals surface area contributed by atoms with E-state index in [0.29, 0.717) is 18.7 Å². The molecular weight excluding hydrogens is 276 g/mol. The molecule has 0 saturated heterocycles. The first kappa shape index (κ1) is 16.7. The number of hydrogen-bond acceptors (Lipinski definition) is 5. The lowest BCUT2D eigenvalue weighted by atomic mass is 10.1. The van der Waals surface area contributed by atoms with Crippen molar-refractivity contribution in [1.29, 1.82) is 0 Å². The molecule has 0 bridgehead atoms. The van der Waals surface area contributed by atoms with E-state index in [1.807, 2.05) is 24.5 Å². The van der Waals surface area contributed by atoms with Gasteiger partial charge in [0.2, 0.25) is 5.91 Å². The number of ether oxygens (including phenoxy) is 2. The van der Waals surface area contributed by atoms with Gasteiger partial charge < -0.3 is 20.5 Å². The Morgan fingerprint density at radius 1 is 1.40 bits per heavy atom. The van der Waals surface area contributed by atoms with Crippen LogP contribution in [0.3, 0.4) is 0 Å². The number of benzene rings is 1. The first-order valence-corrected chi connectivity index (χ1v) is 7.75. The molecular formula is C14H22N2O3S. The van der Waals surface area contributed by atoms with Crippen LogP contribution < -0.4 is 20.5 Å². The van der Waals surface area contributed by atoms with Gasteiger partial charge in [-0.15, -0.1) is 0 Å². The number of rotatable bonds is 8. The Kier molecular flexibility index (Phi) is 7.25. The zero-order valence-electron chi connectivity index (χ0n) is 12.1. The van der Waals surface area contributed by atoms with Crippen LogP contribution in [0, 0.1) is 0 Å². The van der Waals surface area contributed by atoms with Crippen molar-refractivity contribution in [2.45, 2.75) is 19.0 Å². The molecule has 0 unspecified atom stereocenters. The Morgan fingerprint density at radius 2 is 2.15 bits per heavy atom. The van der Waals surface area contributed by atoms with Gasteiger partial charge >= 0.3 is 0 Å². The van der Waals surface area contributed by atoms with E-state index in [1.165, 1.54) is 0 Å². The minimum Gasteiger partial charge on any atom is -0.497 e. The molecule has 1 atom stereocenters. The van der Waals surface area contributed by atoms with Crippen molar-refractivity contribution >= 4 is 17.7 Å². The predicted octanol–water partition coefficient (Wildman–Crippen LogP) is 1.40.